The van der Waals surface area contributed by atoms with Gasteiger partial charge in [-0.05, 0) is 64.4 Å². The molecule has 0 aromatic heterocycles. The van der Waals surface area contributed by atoms with E-state index < -0.39 is 0 Å². The van der Waals surface area contributed by atoms with Gasteiger partial charge in [0, 0.05) is 18.6 Å². The first-order valence-electron chi connectivity index (χ1n) is 10.7. The molecule has 0 aliphatic carbocycles. The number of aliphatic imine (C=N–C) groups is 1. The lowest BCUT2D eigenvalue weighted by atomic mass is 9.98. The van der Waals surface area contributed by atoms with Crippen LogP contribution in [0.1, 0.15) is 45.6 Å². The van der Waals surface area contributed by atoms with Crippen molar-refractivity contribution in [2.75, 3.05) is 46.5 Å². The Morgan fingerprint density at radius 2 is 1.90 bits per heavy atom. The molecule has 30 heavy (non-hydrogen) atoms. The summed E-state index contributed by atoms with van der Waals surface area (Å²) in [6, 6.07) is 5.76. The molecule has 1 fully saturated rings. The molecule has 0 amide bonds. The number of nitrogens with zero attached hydrogens (tertiary/aromatic N) is 2. The predicted octanol–water partition coefficient (Wildman–Crippen LogP) is 3.00. The molecule has 0 unspecified atom stereocenters. The predicted molar refractivity (Wildman–Crippen MR) is 133 cm³/mol. The number of aliphatic hydroxyl groups is 1. The Morgan fingerprint density at radius 3 is 2.53 bits per heavy atom. The first kappa shape index (κ1) is 26.8. The SMILES string of the molecule is CCNC(=NCc1ccc(OCCO)c(OC)c1)NCC(C)(C)N1CCCCC1.I. The molecular weight excluding hydrogens is 495 g/mol. The molecule has 0 bridgehead atoms. The first-order valence-corrected chi connectivity index (χ1v) is 10.7. The summed E-state index contributed by atoms with van der Waals surface area (Å²) < 4.78 is 10.9. The third-order valence-corrected chi connectivity index (χ3v) is 5.24. The van der Waals surface area contributed by atoms with Gasteiger partial charge in [0.1, 0.15) is 6.61 Å². The average molecular weight is 534 g/mol. The number of likely N-dealkylation sites (tertiary alicyclic amines) is 1. The Morgan fingerprint density at radius 1 is 1.17 bits per heavy atom. The fourth-order valence-corrected chi connectivity index (χ4v) is 3.51. The van der Waals surface area contributed by atoms with Crippen LogP contribution in [0.5, 0.6) is 11.5 Å². The number of ether oxygens (including phenoxy) is 2. The Kier molecular flexibility index (Phi) is 12.4. The number of benzene rings is 1. The molecule has 1 heterocycles. The number of aliphatic hydroxyl groups excluding tert-OH is 1. The van der Waals surface area contributed by atoms with E-state index >= 15 is 0 Å². The van der Waals surface area contributed by atoms with Gasteiger partial charge in [0.2, 0.25) is 0 Å². The van der Waals surface area contributed by atoms with Crippen LogP contribution in [0.4, 0.5) is 0 Å². The van der Waals surface area contributed by atoms with E-state index in [0.717, 1.165) is 24.6 Å². The number of halogens is 1. The molecule has 172 valence electrons. The van der Waals surface area contributed by atoms with E-state index in [9.17, 15) is 0 Å². The van der Waals surface area contributed by atoms with E-state index in [1.807, 2.05) is 18.2 Å². The third-order valence-electron chi connectivity index (χ3n) is 5.24. The zero-order valence-electron chi connectivity index (χ0n) is 18.9. The summed E-state index contributed by atoms with van der Waals surface area (Å²) in [6.07, 6.45) is 3.92. The molecule has 1 aliphatic heterocycles. The summed E-state index contributed by atoms with van der Waals surface area (Å²) in [5.74, 6) is 2.09. The van der Waals surface area contributed by atoms with E-state index in [1.54, 1.807) is 7.11 Å². The Bertz CT molecular complexity index is 649. The van der Waals surface area contributed by atoms with Crippen LogP contribution >= 0.6 is 24.0 Å². The Hall–Kier alpha value is -1.26. The van der Waals surface area contributed by atoms with Crippen LogP contribution in [0.25, 0.3) is 0 Å². The fourth-order valence-electron chi connectivity index (χ4n) is 3.51. The molecule has 1 saturated heterocycles. The standard InChI is InChI=1S/C22H38N4O3.HI/c1-5-23-21(25-17-22(2,3)26-11-7-6-8-12-26)24-16-18-9-10-19(29-14-13-27)20(15-18)28-4;/h9-10,15,27H,5-8,11-14,16-17H2,1-4H3,(H2,23,24,25);1H. The molecule has 0 spiro atoms. The third kappa shape index (κ3) is 8.47. The minimum Gasteiger partial charge on any atom is -0.493 e. The van der Waals surface area contributed by atoms with Gasteiger partial charge in [-0.25, -0.2) is 4.99 Å². The number of hydrogen-bond donors (Lipinski definition) is 3. The number of rotatable bonds is 10. The zero-order valence-corrected chi connectivity index (χ0v) is 21.2. The van der Waals surface area contributed by atoms with Crippen LogP contribution < -0.4 is 20.1 Å². The van der Waals surface area contributed by atoms with Crippen molar-refractivity contribution in [1.29, 1.82) is 0 Å². The van der Waals surface area contributed by atoms with E-state index in [1.165, 1.54) is 32.4 Å². The van der Waals surface area contributed by atoms with Crippen LogP contribution in [0.2, 0.25) is 0 Å². The first-order chi connectivity index (χ1) is 14.0. The van der Waals surface area contributed by atoms with Gasteiger partial charge in [0.15, 0.2) is 17.5 Å². The van der Waals surface area contributed by atoms with Crippen LogP contribution in [0.3, 0.4) is 0 Å². The fraction of sp³-hybridized carbons (Fsp3) is 0.682. The lowest BCUT2D eigenvalue weighted by molar-refractivity contribution is 0.0982. The maximum Gasteiger partial charge on any atom is 0.191 e. The zero-order chi connectivity index (χ0) is 21.1. The van der Waals surface area contributed by atoms with E-state index in [2.05, 4.69) is 36.3 Å². The quantitative estimate of drug-likeness (QED) is 0.244. The summed E-state index contributed by atoms with van der Waals surface area (Å²) in [7, 11) is 1.61. The highest BCUT2D eigenvalue weighted by atomic mass is 127. The second-order valence-electron chi connectivity index (χ2n) is 7.97. The van der Waals surface area contributed by atoms with Crippen molar-refractivity contribution in [2.45, 2.75) is 52.1 Å². The average Bonchev–Trinajstić information content (AvgIpc) is 2.75. The van der Waals surface area contributed by atoms with Gasteiger partial charge in [-0.3, -0.25) is 4.90 Å². The molecule has 3 N–H and O–H groups in total. The largest absolute Gasteiger partial charge is 0.493 e. The van der Waals surface area contributed by atoms with Crippen molar-refractivity contribution < 1.29 is 14.6 Å². The highest BCUT2D eigenvalue weighted by Gasteiger charge is 2.27. The van der Waals surface area contributed by atoms with Crippen molar-refractivity contribution in [3.8, 4) is 11.5 Å². The number of hydrogen-bond acceptors (Lipinski definition) is 5. The van der Waals surface area contributed by atoms with Crippen LogP contribution in [0.15, 0.2) is 23.2 Å². The summed E-state index contributed by atoms with van der Waals surface area (Å²) >= 11 is 0. The van der Waals surface area contributed by atoms with Crippen molar-refractivity contribution in [3.05, 3.63) is 23.8 Å². The van der Waals surface area contributed by atoms with Gasteiger partial charge in [-0.15, -0.1) is 24.0 Å². The number of guanidine groups is 1. The van der Waals surface area contributed by atoms with Crippen molar-refractivity contribution in [1.82, 2.24) is 15.5 Å². The molecule has 1 aromatic rings. The Balaban J connectivity index is 0.00000450. The van der Waals surface area contributed by atoms with Gasteiger partial charge in [-0.1, -0.05) is 12.5 Å². The van der Waals surface area contributed by atoms with Crippen LogP contribution in [0, 0.1) is 0 Å². The van der Waals surface area contributed by atoms with Crippen molar-refractivity contribution in [3.63, 3.8) is 0 Å². The summed E-state index contributed by atoms with van der Waals surface area (Å²) in [5.41, 5.74) is 1.12. The summed E-state index contributed by atoms with van der Waals surface area (Å²) in [4.78, 5) is 7.31. The summed E-state index contributed by atoms with van der Waals surface area (Å²) in [5, 5.41) is 15.8. The van der Waals surface area contributed by atoms with Crippen LogP contribution in [-0.2, 0) is 6.54 Å². The maximum atomic E-state index is 8.93. The monoisotopic (exact) mass is 534 g/mol. The smallest absolute Gasteiger partial charge is 0.191 e. The van der Waals surface area contributed by atoms with E-state index in [4.69, 9.17) is 19.6 Å². The molecular formula is C22H39IN4O3. The molecule has 0 radical (unpaired) electrons. The van der Waals surface area contributed by atoms with Crippen LogP contribution in [-0.4, -0.2) is 68.0 Å². The second-order valence-corrected chi connectivity index (χ2v) is 7.97. The Labute approximate surface area is 198 Å². The molecule has 7 nitrogen and oxygen atoms in total. The minimum absolute atomic E-state index is 0. The van der Waals surface area contributed by atoms with Gasteiger partial charge in [0.05, 0.1) is 20.3 Å². The van der Waals surface area contributed by atoms with Gasteiger partial charge >= 0.3 is 0 Å². The van der Waals surface area contributed by atoms with Gasteiger partial charge in [-0.2, -0.15) is 0 Å². The number of nitrogens with one attached hydrogen (secondary N) is 2. The minimum atomic E-state index is -0.0271. The van der Waals surface area contributed by atoms with E-state index in [0.29, 0.717) is 18.0 Å². The molecule has 0 atom stereocenters. The summed E-state index contributed by atoms with van der Waals surface area (Å²) in [6.45, 7) is 11.4. The highest BCUT2D eigenvalue weighted by Crippen LogP contribution is 2.28. The van der Waals surface area contributed by atoms with Gasteiger partial charge in [0.25, 0.3) is 0 Å². The molecule has 2 rings (SSSR count). The molecule has 1 aromatic carbocycles. The lowest BCUT2D eigenvalue weighted by Crippen LogP contribution is -2.54. The van der Waals surface area contributed by atoms with Gasteiger partial charge < -0.3 is 25.2 Å². The number of piperidine rings is 1. The normalized spacial score (nSPS) is 15.3. The topological polar surface area (TPSA) is 78.4 Å². The van der Waals surface area contributed by atoms with E-state index in [-0.39, 0.29) is 42.7 Å². The lowest BCUT2D eigenvalue weighted by Gasteiger charge is -2.41. The molecule has 0 saturated carbocycles. The van der Waals surface area contributed by atoms with Crippen molar-refractivity contribution >= 4 is 29.9 Å². The van der Waals surface area contributed by atoms with Crippen molar-refractivity contribution in [2.24, 2.45) is 4.99 Å². The number of methoxy groups -OCH3 is 1. The highest BCUT2D eigenvalue weighted by molar-refractivity contribution is 14.0. The second kappa shape index (κ2) is 13.9. The molecule has 1 aliphatic rings. The molecule has 8 heteroatoms. The maximum absolute atomic E-state index is 8.93.